The summed E-state index contributed by atoms with van der Waals surface area (Å²) in [5.74, 6) is 1.38. The van der Waals surface area contributed by atoms with Crippen LogP contribution < -0.4 is 0 Å². The highest BCUT2D eigenvalue weighted by atomic mass is 16.1. The highest BCUT2D eigenvalue weighted by Crippen LogP contribution is 2.32. The highest BCUT2D eigenvalue weighted by Gasteiger charge is 2.29. The molecule has 0 N–H and O–H groups in total. The fourth-order valence-corrected chi connectivity index (χ4v) is 3.28. The predicted molar refractivity (Wildman–Crippen MR) is 86.7 cm³/mol. The van der Waals surface area contributed by atoms with Gasteiger partial charge in [0.25, 0.3) is 5.78 Å². The third-order valence-corrected chi connectivity index (χ3v) is 4.65. The minimum absolute atomic E-state index is 0.133. The van der Waals surface area contributed by atoms with Crippen molar-refractivity contribution in [3.05, 3.63) is 59.2 Å². The normalized spacial score (nSPS) is 17.7. The number of carbonyl (C=O) groups is 1. The van der Waals surface area contributed by atoms with Crippen molar-refractivity contribution in [2.75, 3.05) is 0 Å². The van der Waals surface area contributed by atoms with Crippen molar-refractivity contribution in [1.29, 1.82) is 0 Å². The maximum atomic E-state index is 12.5. The summed E-state index contributed by atoms with van der Waals surface area (Å²) in [6.45, 7) is 4.37. The number of hydrogen-bond acceptors (Lipinski definition) is 4. The van der Waals surface area contributed by atoms with Crippen molar-refractivity contribution in [1.82, 2.24) is 19.6 Å². The summed E-state index contributed by atoms with van der Waals surface area (Å²) in [7, 11) is 0. The molecule has 4 rings (SSSR count). The van der Waals surface area contributed by atoms with Crippen molar-refractivity contribution in [3.8, 4) is 0 Å². The molecule has 1 aliphatic rings. The van der Waals surface area contributed by atoms with E-state index >= 15 is 0 Å². The van der Waals surface area contributed by atoms with Crippen molar-refractivity contribution in [2.45, 2.75) is 38.5 Å². The van der Waals surface area contributed by atoms with Gasteiger partial charge in [0.05, 0.1) is 11.3 Å². The molecule has 3 aromatic rings. The standard InChI is InChI=1S/C18H18N4O/c1-11(2)12-3-5-13(6-4-12)14-7-16-15(17(23)8-14)9-19-18-20-10-21-22(16)18/h3-6,9-11,14H,7-8H2,1-2H3. The molecule has 5 heteroatoms. The van der Waals surface area contributed by atoms with Crippen LogP contribution in [0.3, 0.4) is 0 Å². The lowest BCUT2D eigenvalue weighted by Crippen LogP contribution is -2.22. The molecule has 2 aromatic heterocycles. The van der Waals surface area contributed by atoms with Gasteiger partial charge in [0.15, 0.2) is 5.78 Å². The summed E-state index contributed by atoms with van der Waals surface area (Å²) in [6, 6.07) is 8.63. The molecule has 0 radical (unpaired) electrons. The molecule has 2 heterocycles. The largest absolute Gasteiger partial charge is 0.294 e. The maximum absolute atomic E-state index is 12.5. The van der Waals surface area contributed by atoms with Crippen LogP contribution in [0.1, 0.15) is 59.3 Å². The van der Waals surface area contributed by atoms with Crippen LogP contribution in [0.25, 0.3) is 5.78 Å². The Morgan fingerprint density at radius 1 is 1.13 bits per heavy atom. The second-order valence-corrected chi connectivity index (χ2v) is 6.44. The summed E-state index contributed by atoms with van der Waals surface area (Å²) in [5.41, 5.74) is 4.12. The van der Waals surface area contributed by atoms with Crippen molar-refractivity contribution >= 4 is 11.6 Å². The average molecular weight is 306 g/mol. The number of ketones is 1. The zero-order valence-corrected chi connectivity index (χ0v) is 13.2. The van der Waals surface area contributed by atoms with Gasteiger partial charge in [-0.05, 0) is 29.4 Å². The summed E-state index contributed by atoms with van der Waals surface area (Å²) >= 11 is 0. The fourth-order valence-electron chi connectivity index (χ4n) is 3.28. The Morgan fingerprint density at radius 3 is 2.65 bits per heavy atom. The molecule has 0 aliphatic heterocycles. The molecule has 5 nitrogen and oxygen atoms in total. The first-order valence-corrected chi connectivity index (χ1v) is 7.94. The molecule has 0 saturated heterocycles. The monoisotopic (exact) mass is 306 g/mol. The van der Waals surface area contributed by atoms with Crippen molar-refractivity contribution in [3.63, 3.8) is 0 Å². The minimum Gasteiger partial charge on any atom is -0.294 e. The van der Waals surface area contributed by atoms with E-state index in [0.29, 0.717) is 23.7 Å². The van der Waals surface area contributed by atoms with E-state index in [0.717, 1.165) is 12.1 Å². The van der Waals surface area contributed by atoms with Crippen LogP contribution in [0, 0.1) is 0 Å². The first-order chi connectivity index (χ1) is 11.1. The Balaban J connectivity index is 1.73. The van der Waals surface area contributed by atoms with E-state index in [-0.39, 0.29) is 11.7 Å². The average Bonchev–Trinajstić information content (AvgIpc) is 3.04. The molecule has 0 saturated carbocycles. The minimum atomic E-state index is 0.133. The number of benzene rings is 1. The highest BCUT2D eigenvalue weighted by molar-refractivity contribution is 5.98. The molecule has 0 bridgehead atoms. The van der Waals surface area contributed by atoms with Gasteiger partial charge in [0, 0.05) is 12.6 Å². The van der Waals surface area contributed by atoms with E-state index in [4.69, 9.17) is 0 Å². The van der Waals surface area contributed by atoms with E-state index in [1.54, 1.807) is 10.7 Å². The van der Waals surface area contributed by atoms with E-state index in [1.165, 1.54) is 17.5 Å². The SMILES string of the molecule is CC(C)c1ccc(C2CC(=O)c3cnc4ncnn4c3C2)cc1. The van der Waals surface area contributed by atoms with E-state index in [2.05, 4.69) is 53.2 Å². The lowest BCUT2D eigenvalue weighted by Gasteiger charge is -2.24. The van der Waals surface area contributed by atoms with Gasteiger partial charge >= 0.3 is 0 Å². The van der Waals surface area contributed by atoms with E-state index in [9.17, 15) is 4.79 Å². The van der Waals surface area contributed by atoms with E-state index < -0.39 is 0 Å². The van der Waals surface area contributed by atoms with Gasteiger partial charge in [-0.3, -0.25) is 4.79 Å². The number of fused-ring (bicyclic) bond motifs is 3. The van der Waals surface area contributed by atoms with Crippen LogP contribution >= 0.6 is 0 Å². The molecule has 1 unspecified atom stereocenters. The summed E-state index contributed by atoms with van der Waals surface area (Å²) in [6.07, 6.45) is 4.42. The lowest BCUT2D eigenvalue weighted by atomic mass is 9.81. The number of aromatic nitrogens is 4. The van der Waals surface area contributed by atoms with Crippen molar-refractivity contribution < 1.29 is 4.79 Å². The molecule has 0 amide bonds. The predicted octanol–water partition coefficient (Wildman–Crippen LogP) is 3.16. The molecule has 0 fully saturated rings. The van der Waals surface area contributed by atoms with Crippen molar-refractivity contribution in [2.24, 2.45) is 0 Å². The van der Waals surface area contributed by atoms with Crippen LogP contribution in [0.4, 0.5) is 0 Å². The summed E-state index contributed by atoms with van der Waals surface area (Å²) in [5, 5.41) is 4.22. The fraction of sp³-hybridized carbons (Fsp3) is 0.333. The molecular formula is C18H18N4O. The van der Waals surface area contributed by atoms with Gasteiger partial charge in [-0.25, -0.2) is 9.50 Å². The Morgan fingerprint density at radius 2 is 1.91 bits per heavy atom. The smallest absolute Gasteiger partial charge is 0.252 e. The van der Waals surface area contributed by atoms with Gasteiger partial charge < -0.3 is 0 Å². The second-order valence-electron chi connectivity index (χ2n) is 6.44. The molecule has 1 aromatic carbocycles. The summed E-state index contributed by atoms with van der Waals surface area (Å²) < 4.78 is 1.70. The number of carbonyl (C=O) groups excluding carboxylic acids is 1. The van der Waals surface area contributed by atoms with Gasteiger partial charge in [0.1, 0.15) is 6.33 Å². The number of hydrogen-bond donors (Lipinski definition) is 0. The van der Waals surface area contributed by atoms with Crippen LogP contribution in [0.2, 0.25) is 0 Å². The zero-order valence-electron chi connectivity index (χ0n) is 13.2. The third kappa shape index (κ3) is 2.32. The number of rotatable bonds is 2. The Bertz CT molecular complexity index is 880. The van der Waals surface area contributed by atoms with Crippen LogP contribution in [-0.4, -0.2) is 25.4 Å². The Hall–Kier alpha value is -2.56. The van der Waals surface area contributed by atoms with Crippen LogP contribution in [0.5, 0.6) is 0 Å². The molecule has 1 atom stereocenters. The van der Waals surface area contributed by atoms with Gasteiger partial charge in [-0.1, -0.05) is 38.1 Å². The first-order valence-electron chi connectivity index (χ1n) is 7.94. The zero-order chi connectivity index (χ0) is 16.0. The van der Waals surface area contributed by atoms with Crippen LogP contribution in [-0.2, 0) is 6.42 Å². The number of nitrogens with zero attached hydrogens (tertiary/aromatic N) is 4. The van der Waals surface area contributed by atoms with Gasteiger partial charge in [-0.15, -0.1) is 0 Å². The number of Topliss-reactive ketones (excluding diaryl/α,β-unsaturated/α-hetero) is 1. The van der Waals surface area contributed by atoms with E-state index in [1.807, 2.05) is 0 Å². The Kier molecular flexibility index (Phi) is 3.22. The lowest BCUT2D eigenvalue weighted by molar-refractivity contribution is 0.0962. The first kappa shape index (κ1) is 14.1. The second kappa shape index (κ2) is 5.26. The third-order valence-electron chi connectivity index (χ3n) is 4.65. The molecular weight excluding hydrogens is 288 g/mol. The summed E-state index contributed by atoms with van der Waals surface area (Å²) in [4.78, 5) is 20.8. The molecule has 0 spiro atoms. The Labute approximate surface area is 134 Å². The molecule has 23 heavy (non-hydrogen) atoms. The van der Waals surface area contributed by atoms with Gasteiger partial charge in [0.2, 0.25) is 0 Å². The molecule has 1 aliphatic carbocycles. The quantitative estimate of drug-likeness (QED) is 0.729. The maximum Gasteiger partial charge on any atom is 0.252 e. The van der Waals surface area contributed by atoms with Gasteiger partial charge in [-0.2, -0.15) is 10.1 Å². The van der Waals surface area contributed by atoms with Crippen LogP contribution in [0.15, 0.2) is 36.8 Å². The molecule has 116 valence electrons. The topological polar surface area (TPSA) is 60.2 Å².